The van der Waals surface area contributed by atoms with Gasteiger partial charge in [0.15, 0.2) is 9.84 Å². The maximum Gasteiger partial charge on any atom is 0.225 e. The average molecular weight is 395 g/mol. The number of hydrogen-bond acceptors (Lipinski definition) is 4. The average Bonchev–Trinajstić information content (AvgIpc) is 3.01. The van der Waals surface area contributed by atoms with Crippen LogP contribution >= 0.6 is 0 Å². The SMILES string of the molecule is CC(=O)N[C@@H](CC(=O)N1CC[NH+]([C@@H]2CCS(=O)(=O)C2)CC1)c1ccccc1. The molecule has 0 bridgehead atoms. The summed E-state index contributed by atoms with van der Waals surface area (Å²) < 4.78 is 23.4. The van der Waals surface area contributed by atoms with Crippen molar-refractivity contribution in [3.05, 3.63) is 35.9 Å². The van der Waals surface area contributed by atoms with Crippen LogP contribution < -0.4 is 10.2 Å². The number of nitrogens with zero attached hydrogens (tertiary/aromatic N) is 1. The minimum absolute atomic E-state index is 0.0238. The first-order valence-electron chi connectivity index (χ1n) is 9.49. The van der Waals surface area contributed by atoms with Crippen LogP contribution in [-0.2, 0) is 19.4 Å². The van der Waals surface area contributed by atoms with Crippen molar-refractivity contribution in [2.24, 2.45) is 0 Å². The fourth-order valence-corrected chi connectivity index (χ4v) is 5.88. The van der Waals surface area contributed by atoms with Crippen LogP contribution in [-0.4, -0.2) is 68.9 Å². The molecule has 8 heteroatoms. The topological polar surface area (TPSA) is 88.0 Å². The molecule has 1 aromatic carbocycles. The first-order valence-corrected chi connectivity index (χ1v) is 11.3. The van der Waals surface area contributed by atoms with Crippen LogP contribution in [0.4, 0.5) is 0 Å². The zero-order valence-corrected chi connectivity index (χ0v) is 16.5. The smallest absolute Gasteiger partial charge is 0.225 e. The minimum Gasteiger partial charge on any atom is -0.349 e. The Kier molecular flexibility index (Phi) is 6.16. The van der Waals surface area contributed by atoms with Gasteiger partial charge in [0.1, 0.15) is 11.8 Å². The summed E-state index contributed by atoms with van der Waals surface area (Å²) in [4.78, 5) is 27.4. The van der Waals surface area contributed by atoms with E-state index in [1.165, 1.54) is 11.8 Å². The van der Waals surface area contributed by atoms with Crippen molar-refractivity contribution in [1.29, 1.82) is 0 Å². The number of carbonyl (C=O) groups is 2. The molecule has 2 saturated heterocycles. The molecule has 7 nitrogen and oxygen atoms in total. The molecule has 2 atom stereocenters. The van der Waals surface area contributed by atoms with Gasteiger partial charge in [-0.15, -0.1) is 0 Å². The van der Waals surface area contributed by atoms with Gasteiger partial charge in [-0.05, 0) is 5.56 Å². The predicted octanol–water partition coefficient (Wildman–Crippen LogP) is -0.832. The highest BCUT2D eigenvalue weighted by atomic mass is 32.2. The standard InChI is InChI=1S/C19H27N3O4S/c1-15(23)20-18(16-5-3-2-4-6-16)13-19(24)22-10-8-21(9-11-22)17-7-12-27(25,26)14-17/h2-6,17-18H,7-14H2,1H3,(H,20,23)/p+1/t17-,18+/m1/s1. The Morgan fingerprint density at radius 3 is 2.44 bits per heavy atom. The molecule has 1 aromatic rings. The summed E-state index contributed by atoms with van der Waals surface area (Å²) >= 11 is 0. The summed E-state index contributed by atoms with van der Waals surface area (Å²) in [5.74, 6) is 0.429. The van der Waals surface area contributed by atoms with Gasteiger partial charge in [-0.25, -0.2) is 8.42 Å². The maximum absolute atomic E-state index is 12.8. The molecule has 0 radical (unpaired) electrons. The number of nitrogens with one attached hydrogen (secondary N) is 2. The molecule has 2 fully saturated rings. The van der Waals surface area contributed by atoms with Crippen LogP contribution in [0.3, 0.4) is 0 Å². The molecule has 0 saturated carbocycles. The van der Waals surface area contributed by atoms with Crippen molar-refractivity contribution < 1.29 is 22.9 Å². The van der Waals surface area contributed by atoms with E-state index in [-0.39, 0.29) is 36.1 Å². The van der Waals surface area contributed by atoms with Gasteiger partial charge in [-0.2, -0.15) is 0 Å². The molecular formula is C19H28N3O4S+. The van der Waals surface area contributed by atoms with Crippen molar-refractivity contribution in [3.8, 4) is 0 Å². The lowest BCUT2D eigenvalue weighted by atomic mass is 10.0. The van der Waals surface area contributed by atoms with E-state index in [0.717, 1.165) is 25.1 Å². The van der Waals surface area contributed by atoms with E-state index < -0.39 is 9.84 Å². The van der Waals surface area contributed by atoms with E-state index in [4.69, 9.17) is 0 Å². The summed E-state index contributed by atoms with van der Waals surface area (Å²) in [5.41, 5.74) is 0.918. The summed E-state index contributed by atoms with van der Waals surface area (Å²) in [7, 11) is -2.87. The minimum atomic E-state index is -2.87. The highest BCUT2D eigenvalue weighted by Crippen LogP contribution is 2.18. The van der Waals surface area contributed by atoms with Gasteiger partial charge < -0.3 is 15.1 Å². The van der Waals surface area contributed by atoms with E-state index >= 15 is 0 Å². The molecule has 2 aliphatic rings. The third kappa shape index (κ3) is 5.29. The van der Waals surface area contributed by atoms with Crippen molar-refractivity contribution in [3.63, 3.8) is 0 Å². The number of rotatable bonds is 5. The van der Waals surface area contributed by atoms with Crippen molar-refractivity contribution >= 4 is 21.7 Å². The largest absolute Gasteiger partial charge is 0.349 e. The van der Waals surface area contributed by atoms with Crippen molar-refractivity contribution in [2.75, 3.05) is 37.7 Å². The quantitative estimate of drug-likeness (QED) is 0.682. The molecule has 0 aromatic heterocycles. The van der Waals surface area contributed by atoms with E-state index in [1.54, 1.807) is 0 Å². The summed E-state index contributed by atoms with van der Waals surface area (Å²) in [5, 5.41) is 2.87. The van der Waals surface area contributed by atoms with Crippen LogP contribution in [0.2, 0.25) is 0 Å². The third-order valence-corrected chi connectivity index (χ3v) is 7.29. The van der Waals surface area contributed by atoms with Gasteiger partial charge >= 0.3 is 0 Å². The maximum atomic E-state index is 12.8. The number of piperazine rings is 1. The Balaban J connectivity index is 1.55. The Labute approximate surface area is 160 Å². The zero-order valence-electron chi connectivity index (χ0n) is 15.7. The second kappa shape index (κ2) is 8.39. The van der Waals surface area contributed by atoms with Gasteiger partial charge in [-0.1, -0.05) is 30.3 Å². The fourth-order valence-electron chi connectivity index (χ4n) is 4.06. The number of carbonyl (C=O) groups excluding carboxylic acids is 2. The Morgan fingerprint density at radius 1 is 1.22 bits per heavy atom. The monoisotopic (exact) mass is 394 g/mol. The van der Waals surface area contributed by atoms with Gasteiger partial charge in [0, 0.05) is 13.3 Å². The van der Waals surface area contributed by atoms with E-state index in [9.17, 15) is 18.0 Å². The van der Waals surface area contributed by atoms with Gasteiger partial charge in [-0.3, -0.25) is 9.59 Å². The number of benzene rings is 1. The van der Waals surface area contributed by atoms with Gasteiger partial charge in [0.05, 0.1) is 44.4 Å². The fraction of sp³-hybridized carbons (Fsp3) is 0.579. The van der Waals surface area contributed by atoms with Crippen LogP contribution in [0.25, 0.3) is 0 Å². The lowest BCUT2D eigenvalue weighted by molar-refractivity contribution is -0.925. The molecule has 0 spiro atoms. The number of amides is 2. The second-order valence-corrected chi connectivity index (χ2v) is 9.74. The second-order valence-electron chi connectivity index (χ2n) is 7.51. The third-order valence-electron chi connectivity index (χ3n) is 5.53. The zero-order chi connectivity index (χ0) is 19.4. The Bertz CT molecular complexity index is 773. The highest BCUT2D eigenvalue weighted by molar-refractivity contribution is 7.91. The first-order chi connectivity index (χ1) is 12.8. The molecule has 148 valence electrons. The van der Waals surface area contributed by atoms with Crippen LogP contribution in [0, 0.1) is 0 Å². The van der Waals surface area contributed by atoms with E-state index in [0.29, 0.717) is 18.8 Å². The van der Waals surface area contributed by atoms with Gasteiger partial charge in [0.25, 0.3) is 0 Å². The first kappa shape index (κ1) is 19.8. The van der Waals surface area contributed by atoms with Crippen molar-refractivity contribution in [1.82, 2.24) is 10.2 Å². The number of quaternary nitrogens is 1. The van der Waals surface area contributed by atoms with Crippen molar-refractivity contribution in [2.45, 2.75) is 31.8 Å². The molecule has 2 amide bonds. The Hall–Kier alpha value is -1.93. The molecule has 3 rings (SSSR count). The molecule has 0 aliphatic carbocycles. The summed E-state index contributed by atoms with van der Waals surface area (Å²) in [6.45, 7) is 4.28. The van der Waals surface area contributed by atoms with Crippen LogP contribution in [0.1, 0.15) is 31.4 Å². The molecule has 2 N–H and O–H groups in total. The molecule has 2 aliphatic heterocycles. The van der Waals surface area contributed by atoms with E-state index in [1.807, 2.05) is 35.2 Å². The lowest BCUT2D eigenvalue weighted by Crippen LogP contribution is -3.18. The summed E-state index contributed by atoms with van der Waals surface area (Å²) in [6.07, 6.45) is 0.959. The lowest BCUT2D eigenvalue weighted by Gasteiger charge is -2.35. The number of hydrogen-bond donors (Lipinski definition) is 2. The molecular weight excluding hydrogens is 366 g/mol. The predicted molar refractivity (Wildman–Crippen MR) is 102 cm³/mol. The molecule has 27 heavy (non-hydrogen) atoms. The molecule has 2 heterocycles. The Morgan fingerprint density at radius 2 is 1.89 bits per heavy atom. The number of sulfone groups is 1. The van der Waals surface area contributed by atoms with Crippen LogP contribution in [0.5, 0.6) is 0 Å². The van der Waals surface area contributed by atoms with Crippen LogP contribution in [0.15, 0.2) is 30.3 Å². The molecule has 0 unspecified atom stereocenters. The van der Waals surface area contributed by atoms with E-state index in [2.05, 4.69) is 5.32 Å². The van der Waals surface area contributed by atoms with Gasteiger partial charge in [0.2, 0.25) is 11.8 Å². The summed E-state index contributed by atoms with van der Waals surface area (Å²) in [6, 6.07) is 9.36. The normalized spacial score (nSPS) is 23.7. The highest BCUT2D eigenvalue weighted by Gasteiger charge is 2.37.